The second-order valence-electron chi connectivity index (χ2n) is 4.88. The van der Waals surface area contributed by atoms with E-state index in [0.717, 1.165) is 0 Å². The third-order valence-electron chi connectivity index (χ3n) is 3.44. The van der Waals surface area contributed by atoms with Crippen LogP contribution in [0.15, 0.2) is 24.3 Å². The van der Waals surface area contributed by atoms with Crippen LogP contribution < -0.4 is 10.2 Å². The van der Waals surface area contributed by atoms with Crippen LogP contribution in [0.5, 0.6) is 0 Å². The summed E-state index contributed by atoms with van der Waals surface area (Å²) in [5.41, 5.74) is 1.39. The van der Waals surface area contributed by atoms with Crippen LogP contribution >= 0.6 is 0 Å². The molecule has 2 amide bonds. The Morgan fingerprint density at radius 1 is 1.33 bits per heavy atom. The Hall–Kier alpha value is -2.37. The molecule has 1 aromatic carbocycles. The summed E-state index contributed by atoms with van der Waals surface area (Å²) in [5.74, 6) is -0.943. The number of esters is 1. The molecule has 1 aromatic rings. The van der Waals surface area contributed by atoms with E-state index in [-0.39, 0.29) is 24.2 Å². The highest BCUT2D eigenvalue weighted by molar-refractivity contribution is 5.99. The molecule has 0 spiro atoms. The van der Waals surface area contributed by atoms with E-state index < -0.39 is 5.92 Å². The van der Waals surface area contributed by atoms with E-state index in [2.05, 4.69) is 10.1 Å². The van der Waals surface area contributed by atoms with Crippen molar-refractivity contribution in [3.63, 3.8) is 0 Å². The minimum Gasteiger partial charge on any atom is -0.469 e. The second-order valence-corrected chi connectivity index (χ2v) is 4.88. The number of nitrogens with one attached hydrogen (secondary N) is 1. The number of benzene rings is 1. The van der Waals surface area contributed by atoms with Gasteiger partial charge in [0.1, 0.15) is 0 Å². The molecule has 21 heavy (non-hydrogen) atoms. The average molecular weight is 290 g/mol. The lowest BCUT2D eigenvalue weighted by Crippen LogP contribution is -2.26. The first-order valence-electron chi connectivity index (χ1n) is 6.83. The molecule has 0 aromatic heterocycles. The van der Waals surface area contributed by atoms with Crippen molar-refractivity contribution in [3.8, 4) is 0 Å². The van der Waals surface area contributed by atoms with Crippen molar-refractivity contribution in [2.24, 2.45) is 5.92 Å². The smallest absolute Gasteiger partial charge is 0.311 e. The number of methoxy groups -OCH3 is 1. The van der Waals surface area contributed by atoms with Gasteiger partial charge in [-0.2, -0.15) is 0 Å². The van der Waals surface area contributed by atoms with Crippen LogP contribution in [-0.4, -0.2) is 31.4 Å². The summed E-state index contributed by atoms with van der Waals surface area (Å²) < 4.78 is 4.68. The molecule has 6 nitrogen and oxygen atoms in total. The molecule has 2 rings (SSSR count). The zero-order valence-corrected chi connectivity index (χ0v) is 12.1. The predicted octanol–water partition coefficient (Wildman–Crippen LogP) is 1.56. The Balaban J connectivity index is 2.07. The maximum Gasteiger partial charge on any atom is 0.311 e. The van der Waals surface area contributed by atoms with E-state index in [1.54, 1.807) is 36.1 Å². The highest BCUT2D eigenvalue weighted by atomic mass is 16.5. The fourth-order valence-electron chi connectivity index (χ4n) is 2.26. The minimum absolute atomic E-state index is 0.0641. The monoisotopic (exact) mass is 290 g/mol. The predicted molar refractivity (Wildman–Crippen MR) is 77.8 cm³/mol. The Morgan fingerprint density at radius 3 is 2.57 bits per heavy atom. The first-order valence-corrected chi connectivity index (χ1v) is 6.83. The normalized spacial score (nSPS) is 17.7. The summed E-state index contributed by atoms with van der Waals surface area (Å²) in [6.07, 6.45) is 0.578. The van der Waals surface area contributed by atoms with Gasteiger partial charge in [-0.25, -0.2) is 0 Å². The van der Waals surface area contributed by atoms with Gasteiger partial charge >= 0.3 is 5.97 Å². The third kappa shape index (κ3) is 3.39. The van der Waals surface area contributed by atoms with E-state index in [1.165, 1.54) is 7.11 Å². The van der Waals surface area contributed by atoms with Crippen molar-refractivity contribution < 1.29 is 19.1 Å². The summed E-state index contributed by atoms with van der Waals surface area (Å²) in [6.45, 7) is 2.10. The van der Waals surface area contributed by atoms with Gasteiger partial charge in [-0.1, -0.05) is 6.92 Å². The van der Waals surface area contributed by atoms with E-state index in [4.69, 9.17) is 0 Å². The molecule has 0 saturated carbocycles. The molecular formula is C15H18N2O4. The summed E-state index contributed by atoms with van der Waals surface area (Å²) >= 11 is 0. The van der Waals surface area contributed by atoms with Crippen LogP contribution in [0.3, 0.4) is 0 Å². The van der Waals surface area contributed by atoms with E-state index >= 15 is 0 Å². The fourth-order valence-corrected chi connectivity index (χ4v) is 2.26. The van der Waals surface area contributed by atoms with Gasteiger partial charge in [0, 0.05) is 30.8 Å². The van der Waals surface area contributed by atoms with Crippen molar-refractivity contribution in [1.29, 1.82) is 0 Å². The van der Waals surface area contributed by atoms with Gasteiger partial charge in [-0.3, -0.25) is 14.4 Å². The van der Waals surface area contributed by atoms with Gasteiger partial charge in [-0.05, 0) is 24.3 Å². The number of hydrogen-bond acceptors (Lipinski definition) is 4. The van der Waals surface area contributed by atoms with Crippen LogP contribution in [0.25, 0.3) is 0 Å². The SMILES string of the molecule is CCC(=O)Nc1ccc(N2CC(C(=O)OC)CC2=O)cc1. The number of rotatable bonds is 4. The van der Waals surface area contributed by atoms with Crippen LogP contribution in [0.2, 0.25) is 0 Å². The fraction of sp³-hybridized carbons (Fsp3) is 0.400. The molecule has 0 bridgehead atoms. The average Bonchev–Trinajstić information content (AvgIpc) is 2.89. The standard InChI is InChI=1S/C15H18N2O4/c1-3-13(18)16-11-4-6-12(7-5-11)17-9-10(8-14(17)19)15(20)21-2/h4-7,10H,3,8-9H2,1-2H3,(H,16,18). The largest absolute Gasteiger partial charge is 0.469 e. The number of carbonyl (C=O) groups excluding carboxylic acids is 3. The Kier molecular flexibility index (Phi) is 4.57. The molecule has 0 aliphatic carbocycles. The Bertz CT molecular complexity index is 553. The molecule has 1 atom stereocenters. The second kappa shape index (κ2) is 6.39. The summed E-state index contributed by atoms with van der Waals surface area (Å²) in [4.78, 5) is 36.3. The highest BCUT2D eigenvalue weighted by Gasteiger charge is 2.35. The maximum atomic E-state index is 12.0. The summed E-state index contributed by atoms with van der Waals surface area (Å²) in [7, 11) is 1.32. The lowest BCUT2D eigenvalue weighted by Gasteiger charge is -2.17. The minimum atomic E-state index is -0.415. The number of ether oxygens (including phenoxy) is 1. The lowest BCUT2D eigenvalue weighted by atomic mass is 10.1. The van der Waals surface area contributed by atoms with Gasteiger partial charge in [0.05, 0.1) is 13.0 Å². The zero-order valence-electron chi connectivity index (χ0n) is 12.1. The molecule has 6 heteroatoms. The first kappa shape index (κ1) is 15.0. The topological polar surface area (TPSA) is 75.7 Å². The van der Waals surface area contributed by atoms with Crippen LogP contribution in [-0.2, 0) is 19.1 Å². The molecule has 0 radical (unpaired) electrons. The maximum absolute atomic E-state index is 12.0. The van der Waals surface area contributed by atoms with Gasteiger partial charge in [-0.15, -0.1) is 0 Å². The molecule has 1 N–H and O–H groups in total. The van der Waals surface area contributed by atoms with Crippen molar-refractivity contribution >= 4 is 29.2 Å². The Morgan fingerprint density at radius 2 is 2.00 bits per heavy atom. The molecule has 1 aliphatic heterocycles. The molecule has 1 heterocycles. The highest BCUT2D eigenvalue weighted by Crippen LogP contribution is 2.26. The zero-order chi connectivity index (χ0) is 15.4. The van der Waals surface area contributed by atoms with Crippen molar-refractivity contribution in [2.75, 3.05) is 23.9 Å². The molecular weight excluding hydrogens is 272 g/mol. The summed E-state index contributed by atoms with van der Waals surface area (Å²) in [6, 6.07) is 6.98. The molecule has 1 aliphatic rings. The van der Waals surface area contributed by atoms with E-state index in [1.807, 2.05) is 0 Å². The van der Waals surface area contributed by atoms with Crippen LogP contribution in [0.4, 0.5) is 11.4 Å². The number of nitrogens with zero attached hydrogens (tertiary/aromatic N) is 1. The lowest BCUT2D eigenvalue weighted by molar-refractivity contribution is -0.145. The Labute approximate surface area is 123 Å². The van der Waals surface area contributed by atoms with Gasteiger partial charge in [0.15, 0.2) is 0 Å². The van der Waals surface area contributed by atoms with Crippen molar-refractivity contribution in [3.05, 3.63) is 24.3 Å². The van der Waals surface area contributed by atoms with E-state index in [0.29, 0.717) is 24.3 Å². The molecule has 112 valence electrons. The van der Waals surface area contributed by atoms with Crippen LogP contribution in [0.1, 0.15) is 19.8 Å². The quantitative estimate of drug-likeness (QED) is 0.854. The van der Waals surface area contributed by atoms with Crippen LogP contribution in [0, 0.1) is 5.92 Å². The number of carbonyl (C=O) groups is 3. The van der Waals surface area contributed by atoms with E-state index in [9.17, 15) is 14.4 Å². The van der Waals surface area contributed by atoms with Crippen molar-refractivity contribution in [1.82, 2.24) is 0 Å². The molecule has 1 fully saturated rings. The third-order valence-corrected chi connectivity index (χ3v) is 3.44. The van der Waals surface area contributed by atoms with Gasteiger partial charge in [0.2, 0.25) is 11.8 Å². The van der Waals surface area contributed by atoms with Crippen molar-refractivity contribution in [2.45, 2.75) is 19.8 Å². The number of amides is 2. The summed E-state index contributed by atoms with van der Waals surface area (Å²) in [5, 5.41) is 2.74. The van der Waals surface area contributed by atoms with Gasteiger partial charge < -0.3 is 15.0 Å². The first-order chi connectivity index (χ1) is 10.0. The number of hydrogen-bond donors (Lipinski definition) is 1. The molecule has 1 saturated heterocycles. The number of anilines is 2. The van der Waals surface area contributed by atoms with Gasteiger partial charge in [0.25, 0.3) is 0 Å². The molecule has 1 unspecified atom stereocenters.